The van der Waals surface area contributed by atoms with E-state index in [-0.39, 0.29) is 5.91 Å². The third-order valence-corrected chi connectivity index (χ3v) is 4.74. The van der Waals surface area contributed by atoms with E-state index in [1.807, 2.05) is 0 Å². The molecule has 1 aliphatic carbocycles. The van der Waals surface area contributed by atoms with Gasteiger partial charge in [-0.3, -0.25) is 4.79 Å². The van der Waals surface area contributed by atoms with Crippen LogP contribution in [0.4, 0.5) is 0 Å². The minimum atomic E-state index is -0.0802. The molecule has 1 saturated carbocycles. The lowest BCUT2D eigenvalue weighted by molar-refractivity contribution is 0.0944. The van der Waals surface area contributed by atoms with E-state index >= 15 is 0 Å². The van der Waals surface area contributed by atoms with Gasteiger partial charge in [-0.2, -0.15) is 0 Å². The van der Waals surface area contributed by atoms with Crippen LogP contribution in [0.3, 0.4) is 0 Å². The first kappa shape index (κ1) is 15.1. The molecule has 1 N–H and O–H groups in total. The van der Waals surface area contributed by atoms with E-state index in [9.17, 15) is 4.79 Å². The van der Waals surface area contributed by atoms with Gasteiger partial charge >= 0.3 is 0 Å². The van der Waals surface area contributed by atoms with Crippen molar-refractivity contribution >= 4 is 45.0 Å². The zero-order valence-corrected chi connectivity index (χ0v) is 13.6. The number of benzene rings is 1. The van der Waals surface area contributed by atoms with E-state index in [1.165, 1.54) is 12.8 Å². The van der Waals surface area contributed by atoms with Gasteiger partial charge in [-0.1, -0.05) is 34.0 Å². The van der Waals surface area contributed by atoms with Crippen LogP contribution >= 0.6 is 39.1 Å². The van der Waals surface area contributed by atoms with Crippen molar-refractivity contribution in [2.24, 2.45) is 11.8 Å². The van der Waals surface area contributed by atoms with Crippen molar-refractivity contribution < 1.29 is 4.79 Å². The molecule has 1 aliphatic rings. The van der Waals surface area contributed by atoms with E-state index in [0.717, 1.165) is 10.9 Å². The zero-order chi connectivity index (χ0) is 13.8. The predicted octanol–water partition coefficient (Wildman–Crippen LogP) is 4.49. The van der Waals surface area contributed by atoms with Gasteiger partial charge in [-0.25, -0.2) is 0 Å². The zero-order valence-electron chi connectivity index (χ0n) is 10.5. The van der Waals surface area contributed by atoms with Crippen LogP contribution in [-0.2, 0) is 0 Å². The standard InChI is InChI=1S/C14H16BrCl2NO/c15-12-4-11(5-13(17)6-12)14(19)18-8-10-3-1-2-9(10)7-16/h4-6,9-10H,1-3,7-8H2,(H,18,19). The highest BCUT2D eigenvalue weighted by Crippen LogP contribution is 2.32. The number of halogens is 3. The van der Waals surface area contributed by atoms with E-state index in [1.54, 1.807) is 18.2 Å². The summed E-state index contributed by atoms with van der Waals surface area (Å²) >= 11 is 15.2. The summed E-state index contributed by atoms with van der Waals surface area (Å²) in [5, 5.41) is 3.54. The predicted molar refractivity (Wildman–Crippen MR) is 83.0 cm³/mol. The molecule has 2 atom stereocenters. The van der Waals surface area contributed by atoms with Crippen LogP contribution in [0.1, 0.15) is 29.6 Å². The van der Waals surface area contributed by atoms with Crippen LogP contribution in [0.25, 0.3) is 0 Å². The van der Waals surface area contributed by atoms with Gasteiger partial charge in [-0.15, -0.1) is 11.6 Å². The molecule has 1 fully saturated rings. The summed E-state index contributed by atoms with van der Waals surface area (Å²) in [6.07, 6.45) is 3.53. The number of rotatable bonds is 4. The lowest BCUT2D eigenvalue weighted by Gasteiger charge is -2.17. The largest absolute Gasteiger partial charge is 0.352 e. The molecule has 0 aromatic heterocycles. The lowest BCUT2D eigenvalue weighted by atomic mass is 9.98. The number of amides is 1. The van der Waals surface area contributed by atoms with E-state index < -0.39 is 0 Å². The second-order valence-electron chi connectivity index (χ2n) is 4.97. The van der Waals surface area contributed by atoms with Crippen molar-refractivity contribution in [1.29, 1.82) is 0 Å². The monoisotopic (exact) mass is 363 g/mol. The van der Waals surface area contributed by atoms with Crippen molar-refractivity contribution in [2.45, 2.75) is 19.3 Å². The Kier molecular flexibility index (Phi) is 5.55. The molecule has 1 aromatic carbocycles. The smallest absolute Gasteiger partial charge is 0.251 e. The second-order valence-corrected chi connectivity index (χ2v) is 6.63. The normalized spacial score (nSPS) is 22.5. The first-order valence-corrected chi connectivity index (χ1v) is 8.11. The average molecular weight is 365 g/mol. The summed E-state index contributed by atoms with van der Waals surface area (Å²) in [7, 11) is 0. The number of carbonyl (C=O) groups is 1. The molecule has 0 radical (unpaired) electrons. The van der Waals surface area contributed by atoms with E-state index in [0.29, 0.717) is 34.8 Å². The molecule has 19 heavy (non-hydrogen) atoms. The molecule has 0 saturated heterocycles. The molecule has 5 heteroatoms. The van der Waals surface area contributed by atoms with Gasteiger partial charge in [0.05, 0.1) is 0 Å². The maximum absolute atomic E-state index is 12.1. The summed E-state index contributed by atoms with van der Waals surface area (Å²) in [6, 6.07) is 5.21. The molecule has 0 aliphatic heterocycles. The molecule has 1 aromatic rings. The average Bonchev–Trinajstić information content (AvgIpc) is 2.82. The van der Waals surface area contributed by atoms with E-state index in [4.69, 9.17) is 23.2 Å². The molecule has 2 nitrogen and oxygen atoms in total. The molecular formula is C14H16BrCl2NO. The Morgan fingerprint density at radius 2 is 2.05 bits per heavy atom. The van der Waals surface area contributed by atoms with E-state index in [2.05, 4.69) is 21.2 Å². The third kappa shape index (κ3) is 4.11. The molecular weight excluding hydrogens is 349 g/mol. The van der Waals surface area contributed by atoms with Crippen LogP contribution in [0.5, 0.6) is 0 Å². The minimum absolute atomic E-state index is 0.0802. The number of carbonyl (C=O) groups excluding carboxylic acids is 1. The van der Waals surface area contributed by atoms with Crippen LogP contribution in [0, 0.1) is 11.8 Å². The van der Waals surface area contributed by atoms with Crippen LogP contribution < -0.4 is 5.32 Å². The van der Waals surface area contributed by atoms with Crippen molar-refractivity contribution in [3.8, 4) is 0 Å². The van der Waals surface area contributed by atoms with Crippen molar-refractivity contribution in [3.05, 3.63) is 33.3 Å². The minimum Gasteiger partial charge on any atom is -0.352 e. The molecule has 0 bridgehead atoms. The SMILES string of the molecule is O=C(NCC1CCCC1CCl)c1cc(Cl)cc(Br)c1. The number of nitrogens with one attached hydrogen (secondary N) is 1. The van der Waals surface area contributed by atoms with Crippen LogP contribution in [0.2, 0.25) is 5.02 Å². The van der Waals surface area contributed by atoms with Gasteiger partial charge in [0.1, 0.15) is 0 Å². The Hall–Kier alpha value is -0.250. The van der Waals surface area contributed by atoms with Crippen LogP contribution in [-0.4, -0.2) is 18.3 Å². The van der Waals surface area contributed by atoms with Gasteiger partial charge in [0, 0.05) is 27.5 Å². The summed E-state index contributed by atoms with van der Waals surface area (Å²) in [4.78, 5) is 12.1. The fraction of sp³-hybridized carbons (Fsp3) is 0.500. The third-order valence-electron chi connectivity index (χ3n) is 3.66. The first-order chi connectivity index (χ1) is 9.10. The van der Waals surface area contributed by atoms with Crippen LogP contribution in [0.15, 0.2) is 22.7 Å². The topological polar surface area (TPSA) is 29.1 Å². The summed E-state index contributed by atoms with van der Waals surface area (Å²) in [5.74, 6) is 1.64. The fourth-order valence-electron chi connectivity index (χ4n) is 2.60. The Morgan fingerprint density at radius 1 is 1.32 bits per heavy atom. The Balaban J connectivity index is 1.94. The highest BCUT2D eigenvalue weighted by Gasteiger charge is 2.26. The van der Waals surface area contributed by atoms with Crippen molar-refractivity contribution in [2.75, 3.05) is 12.4 Å². The molecule has 2 unspecified atom stereocenters. The Labute approximate surface area is 132 Å². The van der Waals surface area contributed by atoms with Crippen molar-refractivity contribution in [3.63, 3.8) is 0 Å². The number of alkyl halides is 1. The number of hydrogen-bond donors (Lipinski definition) is 1. The fourth-order valence-corrected chi connectivity index (χ4v) is 3.86. The Morgan fingerprint density at radius 3 is 2.74 bits per heavy atom. The number of hydrogen-bond acceptors (Lipinski definition) is 1. The summed E-state index contributed by atoms with van der Waals surface area (Å²) < 4.78 is 0.810. The molecule has 2 rings (SSSR count). The maximum Gasteiger partial charge on any atom is 0.251 e. The van der Waals surface area contributed by atoms with Gasteiger partial charge in [0.2, 0.25) is 0 Å². The molecule has 0 heterocycles. The first-order valence-electron chi connectivity index (χ1n) is 6.40. The maximum atomic E-state index is 12.1. The Bertz CT molecular complexity index is 447. The van der Waals surface area contributed by atoms with Gasteiger partial charge < -0.3 is 5.32 Å². The quantitative estimate of drug-likeness (QED) is 0.783. The second kappa shape index (κ2) is 6.96. The van der Waals surface area contributed by atoms with Crippen molar-refractivity contribution in [1.82, 2.24) is 5.32 Å². The highest BCUT2D eigenvalue weighted by molar-refractivity contribution is 9.10. The molecule has 1 amide bonds. The van der Waals surface area contributed by atoms with Gasteiger partial charge in [0.15, 0.2) is 0 Å². The lowest BCUT2D eigenvalue weighted by Crippen LogP contribution is -2.31. The van der Waals surface area contributed by atoms with Gasteiger partial charge in [-0.05, 0) is 42.9 Å². The molecule has 0 spiro atoms. The molecule has 104 valence electrons. The highest BCUT2D eigenvalue weighted by atomic mass is 79.9. The summed E-state index contributed by atoms with van der Waals surface area (Å²) in [6.45, 7) is 0.695. The summed E-state index contributed by atoms with van der Waals surface area (Å²) in [5.41, 5.74) is 0.583. The van der Waals surface area contributed by atoms with Gasteiger partial charge in [0.25, 0.3) is 5.91 Å².